The maximum absolute atomic E-state index is 12.2. The van der Waals surface area contributed by atoms with Crippen molar-refractivity contribution < 1.29 is 4.79 Å². The van der Waals surface area contributed by atoms with Gasteiger partial charge in [-0.25, -0.2) is 4.98 Å². The summed E-state index contributed by atoms with van der Waals surface area (Å²) < 4.78 is 0. The summed E-state index contributed by atoms with van der Waals surface area (Å²) in [7, 11) is 0. The van der Waals surface area contributed by atoms with E-state index in [1.165, 1.54) is 0 Å². The molecule has 0 fully saturated rings. The number of thiazole rings is 1. The van der Waals surface area contributed by atoms with Gasteiger partial charge in [0.15, 0.2) is 0 Å². The Bertz CT molecular complexity index is 843. The fraction of sp³-hybridized carbons (Fsp3) is 0.211. The van der Waals surface area contributed by atoms with E-state index in [9.17, 15) is 4.79 Å². The third-order valence-electron chi connectivity index (χ3n) is 3.76. The van der Waals surface area contributed by atoms with Gasteiger partial charge in [-0.2, -0.15) is 0 Å². The Kier molecular flexibility index (Phi) is 5.01. The molecule has 4 nitrogen and oxygen atoms in total. The Labute approximate surface area is 145 Å². The highest BCUT2D eigenvalue weighted by Gasteiger charge is 2.09. The highest BCUT2D eigenvalue weighted by Crippen LogP contribution is 2.22. The lowest BCUT2D eigenvalue weighted by Crippen LogP contribution is -2.13. The summed E-state index contributed by atoms with van der Waals surface area (Å²) in [5.41, 5.74) is 5.08. The van der Waals surface area contributed by atoms with Crippen LogP contribution in [0.1, 0.15) is 22.6 Å². The lowest BCUT2D eigenvalue weighted by atomic mass is 10.1. The number of nitrogens with one attached hydrogen (secondary N) is 1. The Balaban J connectivity index is 1.59. The van der Waals surface area contributed by atoms with Gasteiger partial charge in [0.25, 0.3) is 0 Å². The molecule has 1 aromatic carbocycles. The molecular formula is C19H19N3OS. The van der Waals surface area contributed by atoms with Gasteiger partial charge in [0.05, 0.1) is 10.7 Å². The van der Waals surface area contributed by atoms with Crippen LogP contribution in [0.3, 0.4) is 0 Å². The topological polar surface area (TPSA) is 54.9 Å². The van der Waals surface area contributed by atoms with Crippen LogP contribution in [0.15, 0.2) is 48.1 Å². The molecule has 0 bridgehead atoms. The quantitative estimate of drug-likeness (QED) is 0.751. The third kappa shape index (κ3) is 4.06. The molecule has 24 heavy (non-hydrogen) atoms. The molecule has 0 aliphatic rings. The van der Waals surface area contributed by atoms with Crippen LogP contribution in [0.2, 0.25) is 0 Å². The van der Waals surface area contributed by atoms with Crippen molar-refractivity contribution in [2.45, 2.75) is 26.7 Å². The average molecular weight is 337 g/mol. The van der Waals surface area contributed by atoms with Crippen molar-refractivity contribution in [3.8, 4) is 11.3 Å². The molecule has 0 saturated carbocycles. The molecular weight excluding hydrogens is 318 g/mol. The van der Waals surface area contributed by atoms with Gasteiger partial charge in [0.1, 0.15) is 0 Å². The standard InChI is InChI=1S/C19H19N3OS/c1-13-3-4-14(2)16(11-13)21-18(23)5-6-19-22-17(12-24-19)15-7-9-20-10-8-15/h3-4,7-12H,5-6H2,1-2H3,(H,21,23). The molecule has 1 amide bonds. The zero-order chi connectivity index (χ0) is 16.9. The SMILES string of the molecule is Cc1ccc(C)c(NC(=O)CCc2nc(-c3ccncc3)cs2)c1. The third-order valence-corrected chi connectivity index (χ3v) is 4.67. The number of carbonyl (C=O) groups is 1. The second-order valence-corrected chi connectivity index (χ2v) is 6.67. The summed E-state index contributed by atoms with van der Waals surface area (Å²) in [5, 5.41) is 5.98. The van der Waals surface area contributed by atoms with Crippen molar-refractivity contribution in [1.29, 1.82) is 0 Å². The Hall–Kier alpha value is -2.53. The van der Waals surface area contributed by atoms with E-state index in [1.54, 1.807) is 23.7 Å². The number of amides is 1. The van der Waals surface area contributed by atoms with E-state index in [-0.39, 0.29) is 5.91 Å². The van der Waals surface area contributed by atoms with Gasteiger partial charge in [-0.1, -0.05) is 12.1 Å². The average Bonchev–Trinajstić information content (AvgIpc) is 3.06. The predicted molar refractivity (Wildman–Crippen MR) is 98.2 cm³/mol. The zero-order valence-electron chi connectivity index (χ0n) is 13.7. The number of hydrogen-bond donors (Lipinski definition) is 1. The van der Waals surface area contributed by atoms with Crippen LogP contribution in [0, 0.1) is 13.8 Å². The van der Waals surface area contributed by atoms with Gasteiger partial charge in [-0.3, -0.25) is 9.78 Å². The Morgan fingerprint density at radius 3 is 2.75 bits per heavy atom. The molecule has 0 radical (unpaired) electrons. The molecule has 3 rings (SSSR count). The van der Waals surface area contributed by atoms with E-state index < -0.39 is 0 Å². The first-order valence-electron chi connectivity index (χ1n) is 7.84. The minimum absolute atomic E-state index is 0.0179. The molecule has 0 atom stereocenters. The van der Waals surface area contributed by atoms with Gasteiger partial charge in [-0.15, -0.1) is 11.3 Å². The zero-order valence-corrected chi connectivity index (χ0v) is 14.6. The number of benzene rings is 1. The second kappa shape index (κ2) is 7.36. The van der Waals surface area contributed by atoms with Crippen LogP contribution in [0.5, 0.6) is 0 Å². The van der Waals surface area contributed by atoms with Crippen molar-refractivity contribution in [2.75, 3.05) is 5.32 Å². The number of hydrogen-bond acceptors (Lipinski definition) is 4. The number of anilines is 1. The van der Waals surface area contributed by atoms with Crippen molar-refractivity contribution in [3.63, 3.8) is 0 Å². The molecule has 0 unspecified atom stereocenters. The van der Waals surface area contributed by atoms with Crippen molar-refractivity contribution in [1.82, 2.24) is 9.97 Å². The fourth-order valence-corrected chi connectivity index (χ4v) is 3.19. The van der Waals surface area contributed by atoms with Gasteiger partial charge in [-0.05, 0) is 43.2 Å². The predicted octanol–water partition coefficient (Wildman–Crippen LogP) is 4.39. The minimum Gasteiger partial charge on any atom is -0.326 e. The van der Waals surface area contributed by atoms with Gasteiger partial charge < -0.3 is 5.32 Å². The van der Waals surface area contributed by atoms with Crippen LogP contribution in [-0.2, 0) is 11.2 Å². The molecule has 2 heterocycles. The molecule has 3 aromatic rings. The highest BCUT2D eigenvalue weighted by molar-refractivity contribution is 7.09. The van der Waals surface area contributed by atoms with Crippen molar-refractivity contribution >= 4 is 22.9 Å². The Morgan fingerprint density at radius 2 is 1.96 bits per heavy atom. The number of pyridine rings is 1. The second-order valence-electron chi connectivity index (χ2n) is 5.73. The molecule has 2 aromatic heterocycles. The largest absolute Gasteiger partial charge is 0.326 e. The van der Waals surface area contributed by atoms with E-state index in [1.807, 2.05) is 49.6 Å². The fourth-order valence-electron chi connectivity index (χ4n) is 2.38. The summed E-state index contributed by atoms with van der Waals surface area (Å²) in [4.78, 5) is 20.8. The lowest BCUT2D eigenvalue weighted by Gasteiger charge is -2.08. The summed E-state index contributed by atoms with van der Waals surface area (Å²) >= 11 is 1.59. The maximum atomic E-state index is 12.2. The summed E-state index contributed by atoms with van der Waals surface area (Å²) in [6.45, 7) is 4.02. The number of aryl methyl sites for hydroxylation is 3. The summed E-state index contributed by atoms with van der Waals surface area (Å²) in [6.07, 6.45) is 4.58. The normalized spacial score (nSPS) is 10.6. The van der Waals surface area contributed by atoms with E-state index in [0.29, 0.717) is 12.8 Å². The van der Waals surface area contributed by atoms with Gasteiger partial charge >= 0.3 is 0 Å². The Morgan fingerprint density at radius 1 is 1.17 bits per heavy atom. The van der Waals surface area contributed by atoms with Crippen LogP contribution in [0.4, 0.5) is 5.69 Å². The maximum Gasteiger partial charge on any atom is 0.224 e. The number of carbonyl (C=O) groups excluding carboxylic acids is 1. The highest BCUT2D eigenvalue weighted by atomic mass is 32.1. The molecule has 1 N–H and O–H groups in total. The van der Waals surface area contributed by atoms with Crippen LogP contribution < -0.4 is 5.32 Å². The smallest absolute Gasteiger partial charge is 0.224 e. The summed E-state index contributed by atoms with van der Waals surface area (Å²) in [6, 6.07) is 9.93. The van der Waals surface area contributed by atoms with E-state index in [2.05, 4.69) is 15.3 Å². The van der Waals surface area contributed by atoms with Gasteiger partial charge in [0.2, 0.25) is 5.91 Å². The number of nitrogens with zero attached hydrogens (tertiary/aromatic N) is 2. The van der Waals surface area contributed by atoms with Crippen LogP contribution in [-0.4, -0.2) is 15.9 Å². The molecule has 5 heteroatoms. The number of rotatable bonds is 5. The lowest BCUT2D eigenvalue weighted by molar-refractivity contribution is -0.116. The first-order chi connectivity index (χ1) is 11.6. The molecule has 0 aliphatic heterocycles. The first kappa shape index (κ1) is 16.3. The van der Waals surface area contributed by atoms with Crippen LogP contribution >= 0.6 is 11.3 Å². The van der Waals surface area contributed by atoms with E-state index >= 15 is 0 Å². The monoisotopic (exact) mass is 337 g/mol. The van der Waals surface area contributed by atoms with E-state index in [4.69, 9.17) is 0 Å². The summed E-state index contributed by atoms with van der Waals surface area (Å²) in [5.74, 6) is 0.0179. The molecule has 0 aliphatic carbocycles. The number of aromatic nitrogens is 2. The van der Waals surface area contributed by atoms with Crippen molar-refractivity contribution in [3.05, 3.63) is 64.2 Å². The molecule has 122 valence electrons. The first-order valence-corrected chi connectivity index (χ1v) is 8.72. The molecule has 0 spiro atoms. The minimum atomic E-state index is 0.0179. The van der Waals surface area contributed by atoms with E-state index in [0.717, 1.165) is 33.1 Å². The van der Waals surface area contributed by atoms with Crippen molar-refractivity contribution in [2.24, 2.45) is 0 Å². The molecule has 0 saturated heterocycles. The van der Waals surface area contributed by atoms with Crippen LogP contribution in [0.25, 0.3) is 11.3 Å². The van der Waals surface area contributed by atoms with Gasteiger partial charge in [0, 0.05) is 41.9 Å².